The van der Waals surface area contributed by atoms with E-state index in [1.54, 1.807) is 0 Å². The fourth-order valence-electron chi connectivity index (χ4n) is 2.83. The van der Waals surface area contributed by atoms with Gasteiger partial charge in [-0.25, -0.2) is 0 Å². The normalized spacial score (nSPS) is 48.8. The first-order valence-electron chi connectivity index (χ1n) is 4.54. The number of rotatable bonds is 0. The van der Waals surface area contributed by atoms with Crippen LogP contribution in [-0.2, 0) is 0 Å². The van der Waals surface area contributed by atoms with Crippen molar-refractivity contribution in [3.05, 3.63) is 23.8 Å². The summed E-state index contributed by atoms with van der Waals surface area (Å²) in [6, 6.07) is 4.62. The summed E-state index contributed by atoms with van der Waals surface area (Å²) in [5.41, 5.74) is 0.641. The van der Waals surface area contributed by atoms with Gasteiger partial charge in [-0.3, -0.25) is 0 Å². The van der Waals surface area contributed by atoms with E-state index in [4.69, 9.17) is 10.5 Å². The van der Waals surface area contributed by atoms with E-state index in [-0.39, 0.29) is 5.41 Å². The summed E-state index contributed by atoms with van der Waals surface area (Å²) in [5, 5.41) is 17.9. The van der Waals surface area contributed by atoms with Gasteiger partial charge in [0.05, 0.1) is 17.6 Å². The second kappa shape index (κ2) is 1.86. The number of allylic oxidation sites excluding steroid dienone is 4. The van der Waals surface area contributed by atoms with Gasteiger partial charge in [0.1, 0.15) is 0 Å². The zero-order chi connectivity index (χ0) is 9.05. The summed E-state index contributed by atoms with van der Waals surface area (Å²) >= 11 is 0. The van der Waals surface area contributed by atoms with Crippen molar-refractivity contribution in [3.8, 4) is 12.1 Å². The summed E-state index contributed by atoms with van der Waals surface area (Å²) in [5.74, 6) is 1.14. The first kappa shape index (κ1) is 6.92. The predicted octanol–water partition coefficient (Wildman–Crippen LogP) is 1.78. The molecule has 1 fully saturated rings. The molecule has 0 saturated heterocycles. The van der Waals surface area contributed by atoms with Crippen LogP contribution in [0.25, 0.3) is 0 Å². The number of hydrogen-bond acceptors (Lipinski definition) is 2. The third kappa shape index (κ3) is 0.595. The summed E-state index contributed by atoms with van der Waals surface area (Å²) in [6.45, 7) is 0. The van der Waals surface area contributed by atoms with Gasteiger partial charge in [0, 0.05) is 17.4 Å². The largest absolute Gasteiger partial charge is 0.197 e. The lowest BCUT2D eigenvalue weighted by Gasteiger charge is -2.17. The molecule has 0 aliphatic heterocycles. The van der Waals surface area contributed by atoms with Gasteiger partial charge in [0.15, 0.2) is 0 Å². The lowest BCUT2D eigenvalue weighted by molar-refractivity contribution is 0.530. The first-order valence-corrected chi connectivity index (χ1v) is 4.54. The van der Waals surface area contributed by atoms with E-state index in [2.05, 4.69) is 12.1 Å². The number of nitriles is 2. The molecule has 3 aliphatic carbocycles. The average Bonchev–Trinajstić information content (AvgIpc) is 2.88. The quantitative estimate of drug-likeness (QED) is 0.517. The smallest absolute Gasteiger partial charge is 0.0950 e. The van der Waals surface area contributed by atoms with Crippen LogP contribution in [0, 0.1) is 45.8 Å². The minimum absolute atomic E-state index is 0.227. The van der Waals surface area contributed by atoms with Crippen molar-refractivity contribution in [1.82, 2.24) is 0 Å². The summed E-state index contributed by atoms with van der Waals surface area (Å²) in [4.78, 5) is 0. The molecule has 0 radical (unpaired) electrons. The van der Waals surface area contributed by atoms with Crippen molar-refractivity contribution in [2.75, 3.05) is 0 Å². The van der Waals surface area contributed by atoms with E-state index >= 15 is 0 Å². The number of fused-ring (bicyclic) bond motifs is 2. The van der Waals surface area contributed by atoms with E-state index in [9.17, 15) is 0 Å². The Balaban J connectivity index is 2.15. The lowest BCUT2D eigenvalue weighted by Crippen LogP contribution is -2.10. The molecule has 4 atom stereocenters. The average molecular weight is 168 g/mol. The third-order valence-corrected chi connectivity index (χ3v) is 3.68. The molecular formula is C11H8N2. The van der Waals surface area contributed by atoms with Crippen molar-refractivity contribution in [2.45, 2.75) is 6.42 Å². The van der Waals surface area contributed by atoms with Crippen molar-refractivity contribution < 1.29 is 0 Å². The van der Waals surface area contributed by atoms with Gasteiger partial charge in [-0.05, 0) is 12.3 Å². The van der Waals surface area contributed by atoms with Crippen LogP contribution in [0.2, 0.25) is 0 Å². The van der Waals surface area contributed by atoms with Crippen LogP contribution in [0.3, 0.4) is 0 Å². The van der Waals surface area contributed by atoms with Crippen molar-refractivity contribution >= 4 is 0 Å². The molecule has 3 unspecified atom stereocenters. The molecule has 0 spiro atoms. The lowest BCUT2D eigenvalue weighted by atomic mass is 9.85. The van der Waals surface area contributed by atoms with Crippen LogP contribution in [-0.4, -0.2) is 0 Å². The molecule has 0 aromatic carbocycles. The molecule has 2 heteroatoms. The summed E-state index contributed by atoms with van der Waals surface area (Å²) in [6.07, 6.45) is 7.09. The van der Waals surface area contributed by atoms with Crippen LogP contribution in [0.15, 0.2) is 23.8 Å². The highest BCUT2D eigenvalue weighted by Crippen LogP contribution is 2.68. The highest BCUT2D eigenvalue weighted by atomic mass is 14.7. The topological polar surface area (TPSA) is 47.6 Å². The van der Waals surface area contributed by atoms with Crippen molar-refractivity contribution in [1.29, 1.82) is 10.5 Å². The highest BCUT2D eigenvalue weighted by Gasteiger charge is 2.66. The van der Waals surface area contributed by atoms with Gasteiger partial charge in [0.2, 0.25) is 0 Å². The van der Waals surface area contributed by atoms with E-state index < -0.39 is 0 Å². The Hall–Kier alpha value is -1.54. The van der Waals surface area contributed by atoms with Gasteiger partial charge in [0.25, 0.3) is 0 Å². The predicted molar refractivity (Wildman–Crippen MR) is 46.0 cm³/mol. The Morgan fingerprint density at radius 1 is 1.46 bits per heavy atom. The van der Waals surface area contributed by atoms with Crippen LogP contribution >= 0.6 is 0 Å². The maximum Gasteiger partial charge on any atom is 0.0950 e. The number of nitrogens with zero attached hydrogens (tertiary/aromatic N) is 2. The molecule has 0 N–H and O–H groups in total. The fraction of sp³-hybridized carbons (Fsp3) is 0.455. The molecule has 2 bridgehead atoms. The summed E-state index contributed by atoms with van der Waals surface area (Å²) in [7, 11) is 0. The molecule has 1 saturated carbocycles. The number of hydrogen-bond donors (Lipinski definition) is 0. The van der Waals surface area contributed by atoms with Crippen LogP contribution in [0.1, 0.15) is 6.42 Å². The standard InChI is InChI=1S/C11H8N2/c12-5-8-4-10-9-3-7(8)1-2-11(9,10)6-13/h1-2,4,7,9-10H,3H2/t7?,9?,10?,11-/m0/s1. The van der Waals surface area contributed by atoms with E-state index in [1.165, 1.54) is 0 Å². The van der Waals surface area contributed by atoms with E-state index in [0.717, 1.165) is 12.0 Å². The van der Waals surface area contributed by atoms with Crippen LogP contribution < -0.4 is 0 Å². The zero-order valence-electron chi connectivity index (χ0n) is 7.07. The maximum atomic E-state index is 9.06. The Labute approximate surface area is 76.8 Å². The van der Waals surface area contributed by atoms with Gasteiger partial charge in [-0.2, -0.15) is 10.5 Å². The molecule has 3 rings (SSSR count). The Kier molecular flexibility index (Phi) is 0.988. The molecular weight excluding hydrogens is 160 g/mol. The second-order valence-corrected chi connectivity index (χ2v) is 4.11. The molecule has 0 aromatic rings. The van der Waals surface area contributed by atoms with Gasteiger partial charge < -0.3 is 0 Å². The van der Waals surface area contributed by atoms with Gasteiger partial charge in [-0.15, -0.1) is 0 Å². The third-order valence-electron chi connectivity index (χ3n) is 3.68. The minimum atomic E-state index is -0.227. The maximum absolute atomic E-state index is 9.06. The van der Waals surface area contributed by atoms with E-state index in [1.807, 2.05) is 18.2 Å². The molecule has 13 heavy (non-hydrogen) atoms. The Morgan fingerprint density at radius 2 is 2.31 bits per heavy atom. The fourth-order valence-corrected chi connectivity index (χ4v) is 2.83. The van der Waals surface area contributed by atoms with E-state index in [0.29, 0.717) is 17.8 Å². The minimum Gasteiger partial charge on any atom is -0.197 e. The SMILES string of the molecule is N#CC1=CC2C3CC1C=C[C@@]23C#N. The molecule has 2 nitrogen and oxygen atoms in total. The molecule has 62 valence electrons. The Bertz CT molecular complexity index is 418. The zero-order valence-corrected chi connectivity index (χ0v) is 7.07. The van der Waals surface area contributed by atoms with Crippen LogP contribution in [0.4, 0.5) is 0 Å². The van der Waals surface area contributed by atoms with Crippen molar-refractivity contribution in [3.63, 3.8) is 0 Å². The molecule has 0 amide bonds. The van der Waals surface area contributed by atoms with Crippen molar-refractivity contribution in [2.24, 2.45) is 23.2 Å². The highest BCUT2D eigenvalue weighted by molar-refractivity contribution is 5.47. The molecule has 0 heterocycles. The summed E-state index contributed by atoms with van der Waals surface area (Å²) < 4.78 is 0. The van der Waals surface area contributed by atoms with Gasteiger partial charge >= 0.3 is 0 Å². The van der Waals surface area contributed by atoms with Gasteiger partial charge in [-0.1, -0.05) is 18.2 Å². The molecule has 0 aromatic heterocycles. The first-order chi connectivity index (χ1) is 6.31. The monoisotopic (exact) mass is 168 g/mol. The second-order valence-electron chi connectivity index (χ2n) is 4.11. The molecule has 3 aliphatic rings. The van der Waals surface area contributed by atoms with Crippen LogP contribution in [0.5, 0.6) is 0 Å². The Morgan fingerprint density at radius 3 is 3.00 bits per heavy atom.